The molecule has 1 aliphatic heterocycles. The van der Waals surface area contributed by atoms with Gasteiger partial charge in [0.05, 0.1) is 0 Å². The van der Waals surface area contributed by atoms with Gasteiger partial charge in [-0.25, -0.2) is 0 Å². The second kappa shape index (κ2) is 6.18. The van der Waals surface area contributed by atoms with Gasteiger partial charge in [-0.2, -0.15) is 0 Å². The number of halogens is 1. The van der Waals surface area contributed by atoms with Gasteiger partial charge >= 0.3 is 0 Å². The number of hydrogen-bond donors (Lipinski definition) is 1. The number of hydrogen-bond acceptors (Lipinski definition) is 2. The van der Waals surface area contributed by atoms with Gasteiger partial charge in [0.1, 0.15) is 0 Å². The van der Waals surface area contributed by atoms with Gasteiger partial charge in [-0.15, -0.1) is 0 Å². The Bertz CT molecular complexity index is 498. The van der Waals surface area contributed by atoms with Crippen molar-refractivity contribution in [1.29, 1.82) is 0 Å². The second-order valence-corrected chi connectivity index (χ2v) is 7.58. The number of benzene rings is 1. The van der Waals surface area contributed by atoms with Crippen molar-refractivity contribution < 1.29 is 0 Å². The molecule has 0 spiro atoms. The number of nitrogens with zero attached hydrogens (tertiary/aromatic N) is 1. The van der Waals surface area contributed by atoms with Crippen LogP contribution in [0.2, 0.25) is 5.02 Å². The molecule has 0 bridgehead atoms. The minimum Gasteiger partial charge on any atom is -0.368 e. The molecule has 116 valence electrons. The standard InChI is InChI=1S/C18H27ClN2/c1-12-8-13(2)14(3)21(11-12)18-7-4-16(19)9-15(18)10-20-17-5-6-17/h4,7,9,12-14,17,20H,5-6,8,10-11H2,1-3H3. The molecule has 1 saturated heterocycles. The van der Waals surface area contributed by atoms with Gasteiger partial charge in [-0.05, 0) is 61.8 Å². The van der Waals surface area contributed by atoms with Crippen LogP contribution in [0.5, 0.6) is 0 Å². The summed E-state index contributed by atoms with van der Waals surface area (Å²) in [5.41, 5.74) is 2.72. The lowest BCUT2D eigenvalue weighted by molar-refractivity contribution is 0.296. The summed E-state index contributed by atoms with van der Waals surface area (Å²) in [6.07, 6.45) is 3.98. The van der Waals surface area contributed by atoms with E-state index in [4.69, 9.17) is 11.6 Å². The van der Waals surface area contributed by atoms with Crippen molar-refractivity contribution in [2.24, 2.45) is 11.8 Å². The van der Waals surface area contributed by atoms with E-state index < -0.39 is 0 Å². The lowest BCUT2D eigenvalue weighted by atomic mass is 9.85. The minimum atomic E-state index is 0.599. The summed E-state index contributed by atoms with van der Waals surface area (Å²) in [4.78, 5) is 2.60. The minimum absolute atomic E-state index is 0.599. The molecule has 1 aliphatic carbocycles. The van der Waals surface area contributed by atoms with Crippen LogP contribution in [0.4, 0.5) is 5.69 Å². The molecule has 1 heterocycles. The Morgan fingerprint density at radius 3 is 2.71 bits per heavy atom. The molecule has 3 atom stereocenters. The van der Waals surface area contributed by atoms with Crippen LogP contribution in [-0.4, -0.2) is 18.6 Å². The van der Waals surface area contributed by atoms with Crippen LogP contribution in [0.25, 0.3) is 0 Å². The van der Waals surface area contributed by atoms with Crippen molar-refractivity contribution in [1.82, 2.24) is 5.32 Å². The highest BCUT2D eigenvalue weighted by Gasteiger charge is 2.30. The van der Waals surface area contributed by atoms with Gasteiger partial charge in [0.2, 0.25) is 0 Å². The van der Waals surface area contributed by atoms with E-state index >= 15 is 0 Å². The van der Waals surface area contributed by atoms with Crippen molar-refractivity contribution in [3.8, 4) is 0 Å². The molecule has 1 N–H and O–H groups in total. The van der Waals surface area contributed by atoms with E-state index in [1.807, 2.05) is 6.07 Å². The van der Waals surface area contributed by atoms with Crippen LogP contribution in [0.15, 0.2) is 18.2 Å². The van der Waals surface area contributed by atoms with Crippen molar-refractivity contribution >= 4 is 17.3 Å². The summed E-state index contributed by atoms with van der Waals surface area (Å²) in [7, 11) is 0. The predicted octanol–water partition coefficient (Wildman–Crippen LogP) is 4.46. The third-order valence-electron chi connectivity index (χ3n) is 5.11. The Labute approximate surface area is 133 Å². The summed E-state index contributed by atoms with van der Waals surface area (Å²) >= 11 is 6.23. The van der Waals surface area contributed by atoms with Crippen molar-refractivity contribution in [2.45, 2.75) is 58.7 Å². The van der Waals surface area contributed by atoms with E-state index in [9.17, 15) is 0 Å². The molecule has 3 unspecified atom stereocenters. The molecular formula is C18H27ClN2. The fraction of sp³-hybridized carbons (Fsp3) is 0.667. The third-order valence-corrected chi connectivity index (χ3v) is 5.34. The highest BCUT2D eigenvalue weighted by Crippen LogP contribution is 2.34. The molecule has 1 aromatic rings. The van der Waals surface area contributed by atoms with Gasteiger partial charge in [0.25, 0.3) is 0 Å². The van der Waals surface area contributed by atoms with Gasteiger partial charge in [-0.3, -0.25) is 0 Å². The molecule has 0 aromatic heterocycles. The van der Waals surface area contributed by atoms with Gasteiger partial charge in [0.15, 0.2) is 0 Å². The zero-order valence-corrected chi connectivity index (χ0v) is 14.2. The normalized spacial score (nSPS) is 29.7. The molecule has 2 aliphatic rings. The SMILES string of the molecule is CC1CC(C)C(C)N(c2ccc(Cl)cc2CNC2CC2)C1. The fourth-order valence-corrected chi connectivity index (χ4v) is 3.75. The lowest BCUT2D eigenvalue weighted by Crippen LogP contribution is -2.46. The third kappa shape index (κ3) is 3.54. The molecule has 0 amide bonds. The van der Waals surface area contributed by atoms with Crippen molar-refractivity contribution in [2.75, 3.05) is 11.4 Å². The van der Waals surface area contributed by atoms with Crippen LogP contribution in [0.3, 0.4) is 0 Å². The van der Waals surface area contributed by atoms with Crippen LogP contribution in [-0.2, 0) is 6.54 Å². The van der Waals surface area contributed by atoms with Crippen LogP contribution < -0.4 is 10.2 Å². The largest absolute Gasteiger partial charge is 0.368 e. The monoisotopic (exact) mass is 306 g/mol. The first-order valence-electron chi connectivity index (χ1n) is 8.33. The highest BCUT2D eigenvalue weighted by atomic mass is 35.5. The highest BCUT2D eigenvalue weighted by molar-refractivity contribution is 6.30. The van der Waals surface area contributed by atoms with Crippen LogP contribution in [0.1, 0.15) is 45.6 Å². The quantitative estimate of drug-likeness (QED) is 0.883. The van der Waals surface area contributed by atoms with E-state index in [0.29, 0.717) is 6.04 Å². The number of anilines is 1. The number of rotatable bonds is 4. The Balaban J connectivity index is 1.84. The lowest BCUT2D eigenvalue weighted by Gasteiger charge is -2.43. The Morgan fingerprint density at radius 2 is 2.00 bits per heavy atom. The maximum atomic E-state index is 6.23. The molecule has 3 rings (SSSR count). The van der Waals surface area contributed by atoms with Crippen molar-refractivity contribution in [3.05, 3.63) is 28.8 Å². The molecule has 3 heteroatoms. The Kier molecular flexibility index (Phi) is 4.46. The van der Waals surface area contributed by atoms with Crippen molar-refractivity contribution in [3.63, 3.8) is 0 Å². The number of nitrogens with one attached hydrogen (secondary N) is 1. The molecule has 0 radical (unpaired) electrons. The van der Waals surface area contributed by atoms with E-state index in [1.165, 1.54) is 30.5 Å². The van der Waals surface area contributed by atoms with E-state index in [-0.39, 0.29) is 0 Å². The number of piperidine rings is 1. The molecule has 1 saturated carbocycles. The smallest absolute Gasteiger partial charge is 0.0415 e. The maximum Gasteiger partial charge on any atom is 0.0415 e. The summed E-state index contributed by atoms with van der Waals surface area (Å²) < 4.78 is 0. The first-order valence-corrected chi connectivity index (χ1v) is 8.71. The molecule has 21 heavy (non-hydrogen) atoms. The second-order valence-electron chi connectivity index (χ2n) is 7.14. The van der Waals surface area contributed by atoms with Gasteiger partial charge in [-0.1, -0.05) is 25.4 Å². The van der Waals surface area contributed by atoms with E-state index in [0.717, 1.165) is 36.0 Å². The Morgan fingerprint density at radius 1 is 1.24 bits per heavy atom. The molecule has 2 fully saturated rings. The van der Waals surface area contributed by atoms with Gasteiger partial charge in [0, 0.05) is 35.9 Å². The zero-order chi connectivity index (χ0) is 15.0. The summed E-state index contributed by atoms with van der Waals surface area (Å²) in [5.74, 6) is 1.50. The molecule has 1 aromatic carbocycles. The average molecular weight is 307 g/mol. The van der Waals surface area contributed by atoms with E-state index in [1.54, 1.807) is 0 Å². The average Bonchev–Trinajstić information content (AvgIpc) is 3.25. The zero-order valence-electron chi connectivity index (χ0n) is 13.4. The topological polar surface area (TPSA) is 15.3 Å². The van der Waals surface area contributed by atoms with E-state index in [2.05, 4.69) is 43.1 Å². The summed E-state index contributed by atoms with van der Waals surface area (Å²) in [5, 5.41) is 4.48. The maximum absolute atomic E-state index is 6.23. The summed E-state index contributed by atoms with van der Waals surface area (Å²) in [6.45, 7) is 9.21. The van der Waals surface area contributed by atoms with Crippen LogP contribution in [0, 0.1) is 11.8 Å². The van der Waals surface area contributed by atoms with Gasteiger partial charge < -0.3 is 10.2 Å². The first-order chi connectivity index (χ1) is 10.0. The Hall–Kier alpha value is -0.730. The first kappa shape index (κ1) is 15.2. The fourth-order valence-electron chi connectivity index (χ4n) is 3.55. The predicted molar refractivity (Wildman–Crippen MR) is 91.1 cm³/mol. The van der Waals surface area contributed by atoms with Crippen LogP contribution >= 0.6 is 11.6 Å². The molecule has 2 nitrogen and oxygen atoms in total. The summed E-state index contributed by atoms with van der Waals surface area (Å²) in [6, 6.07) is 7.72. The molecular weight excluding hydrogens is 280 g/mol.